The third kappa shape index (κ3) is 4.47. The highest BCUT2D eigenvalue weighted by Gasteiger charge is 2.18. The van der Waals surface area contributed by atoms with Gasteiger partial charge in [-0.3, -0.25) is 19.9 Å². The van der Waals surface area contributed by atoms with Gasteiger partial charge in [0.05, 0.1) is 34.3 Å². The molecule has 1 aromatic carbocycles. The summed E-state index contributed by atoms with van der Waals surface area (Å²) < 4.78 is 13.9. The maximum atomic E-state index is 13.9. The van der Waals surface area contributed by atoms with Gasteiger partial charge in [0.2, 0.25) is 5.91 Å². The summed E-state index contributed by atoms with van der Waals surface area (Å²) in [5, 5.41) is 10.4. The Bertz CT molecular complexity index is 1810. The number of carbonyl (C=O) groups is 1. The van der Waals surface area contributed by atoms with Crippen LogP contribution in [0.15, 0.2) is 67.1 Å². The van der Waals surface area contributed by atoms with Crippen LogP contribution >= 0.6 is 0 Å². The summed E-state index contributed by atoms with van der Waals surface area (Å²) in [4.78, 5) is 33.8. The van der Waals surface area contributed by atoms with E-state index in [-0.39, 0.29) is 17.6 Å². The number of benzene rings is 1. The molecule has 0 atom stereocenters. The molecular weight excluding hydrogens is 483 g/mol. The first-order valence-corrected chi connectivity index (χ1v) is 12.2. The minimum absolute atomic E-state index is 0.0588. The quantitative estimate of drug-likeness (QED) is 0.264. The molecule has 0 saturated heterocycles. The normalized spacial score (nSPS) is 11.5. The van der Waals surface area contributed by atoms with E-state index in [0.29, 0.717) is 51.6 Å². The van der Waals surface area contributed by atoms with Crippen molar-refractivity contribution >= 4 is 33.7 Å². The molecule has 1 amide bonds. The third-order valence-corrected chi connectivity index (χ3v) is 6.04. The smallest absolute Gasteiger partial charge is 0.224 e. The summed E-state index contributed by atoms with van der Waals surface area (Å²) in [6.07, 6.45) is 5.40. The zero-order valence-corrected chi connectivity index (χ0v) is 20.7. The minimum Gasteiger partial charge on any atom is -0.336 e. The number of hydrogen-bond donors (Lipinski definition) is 3. The van der Waals surface area contributed by atoms with Crippen molar-refractivity contribution < 1.29 is 9.18 Å². The predicted octanol–water partition coefficient (Wildman–Crippen LogP) is 5.75. The average molecular weight is 507 g/mol. The number of H-pyrrole nitrogens is 2. The van der Waals surface area contributed by atoms with Crippen LogP contribution in [0.1, 0.15) is 20.3 Å². The Balaban J connectivity index is 1.38. The molecule has 0 saturated carbocycles. The molecule has 0 radical (unpaired) electrons. The Kier molecular flexibility index (Phi) is 5.83. The maximum absolute atomic E-state index is 13.9. The summed E-state index contributed by atoms with van der Waals surface area (Å²) in [6.45, 7) is 3.99. The number of halogens is 1. The molecule has 9 nitrogen and oxygen atoms in total. The summed E-state index contributed by atoms with van der Waals surface area (Å²) in [7, 11) is 0. The van der Waals surface area contributed by atoms with Gasteiger partial charge in [-0.25, -0.2) is 14.4 Å². The molecule has 3 N–H and O–H groups in total. The van der Waals surface area contributed by atoms with Crippen molar-refractivity contribution in [2.45, 2.75) is 20.3 Å². The first-order chi connectivity index (χ1) is 18.4. The van der Waals surface area contributed by atoms with Gasteiger partial charge >= 0.3 is 0 Å². The van der Waals surface area contributed by atoms with Crippen LogP contribution in [0.5, 0.6) is 0 Å². The fourth-order valence-electron chi connectivity index (χ4n) is 4.35. The van der Waals surface area contributed by atoms with E-state index in [1.54, 1.807) is 30.7 Å². The number of imidazole rings is 1. The lowest BCUT2D eigenvalue weighted by atomic mass is 10.1. The minimum atomic E-state index is -0.342. The van der Waals surface area contributed by atoms with Gasteiger partial charge < -0.3 is 10.3 Å². The zero-order chi connectivity index (χ0) is 26.2. The molecule has 0 aliphatic rings. The number of nitrogens with one attached hydrogen (secondary N) is 3. The van der Waals surface area contributed by atoms with Crippen LogP contribution in [0.4, 0.5) is 10.1 Å². The average Bonchev–Trinajstić information content (AvgIpc) is 3.52. The second kappa shape index (κ2) is 9.47. The van der Waals surface area contributed by atoms with Gasteiger partial charge in [0, 0.05) is 29.9 Å². The van der Waals surface area contributed by atoms with Gasteiger partial charge in [-0.1, -0.05) is 26.0 Å². The lowest BCUT2D eigenvalue weighted by molar-refractivity contribution is -0.116. The largest absolute Gasteiger partial charge is 0.336 e. The standard InChI is InChI=1S/C28H23FN8O/c1-15(2)10-23(38)32-19-12-17(13-30-14-19)20-6-7-22-26(33-20)27(37-36-22)28-34-21-8-9-31-24(25(21)35-28)16-4-3-5-18(29)11-16/h3-9,11-15H,10H2,1-2H3,(H,32,38)(H,34,35)(H,36,37). The number of amides is 1. The number of aromatic nitrogens is 7. The van der Waals surface area contributed by atoms with Crippen LogP contribution < -0.4 is 5.32 Å². The molecule has 5 heterocycles. The van der Waals surface area contributed by atoms with Gasteiger partial charge in [-0.2, -0.15) is 5.10 Å². The number of pyridine rings is 3. The van der Waals surface area contributed by atoms with Crippen molar-refractivity contribution in [2.24, 2.45) is 5.92 Å². The number of anilines is 1. The number of fused-ring (bicyclic) bond motifs is 2. The monoisotopic (exact) mass is 506 g/mol. The molecule has 0 unspecified atom stereocenters. The summed E-state index contributed by atoms with van der Waals surface area (Å²) >= 11 is 0. The van der Waals surface area contributed by atoms with E-state index < -0.39 is 0 Å². The van der Waals surface area contributed by atoms with Gasteiger partial charge in [-0.15, -0.1) is 0 Å². The van der Waals surface area contributed by atoms with Gasteiger partial charge in [0.15, 0.2) is 11.5 Å². The van der Waals surface area contributed by atoms with Gasteiger partial charge in [0.1, 0.15) is 16.9 Å². The molecule has 6 aromatic rings. The summed E-state index contributed by atoms with van der Waals surface area (Å²) in [5.41, 5.74) is 6.49. The van der Waals surface area contributed by atoms with Crippen molar-refractivity contribution in [2.75, 3.05) is 5.32 Å². The number of carbonyl (C=O) groups excluding carboxylic acids is 1. The number of aromatic amines is 2. The Hall–Kier alpha value is -4.99. The van der Waals surface area contributed by atoms with E-state index in [2.05, 4.69) is 30.5 Å². The summed E-state index contributed by atoms with van der Waals surface area (Å²) in [5.74, 6) is 0.365. The molecule has 0 fully saturated rings. The zero-order valence-electron chi connectivity index (χ0n) is 20.7. The maximum Gasteiger partial charge on any atom is 0.224 e. The number of nitrogens with zero attached hydrogens (tertiary/aromatic N) is 5. The molecule has 0 aliphatic heterocycles. The van der Waals surface area contributed by atoms with Crippen LogP contribution in [-0.4, -0.2) is 41.0 Å². The molecular formula is C28H23FN8O. The van der Waals surface area contributed by atoms with Crippen LogP contribution in [0, 0.1) is 11.7 Å². The fraction of sp³-hybridized carbons (Fsp3) is 0.143. The Morgan fingerprint density at radius 1 is 0.974 bits per heavy atom. The Morgan fingerprint density at radius 2 is 1.84 bits per heavy atom. The highest BCUT2D eigenvalue weighted by molar-refractivity contribution is 5.95. The van der Waals surface area contributed by atoms with E-state index in [1.165, 1.54) is 12.1 Å². The van der Waals surface area contributed by atoms with E-state index >= 15 is 0 Å². The summed E-state index contributed by atoms with van der Waals surface area (Å²) in [6, 6.07) is 13.7. The first kappa shape index (κ1) is 23.4. The van der Waals surface area contributed by atoms with E-state index in [9.17, 15) is 9.18 Å². The third-order valence-electron chi connectivity index (χ3n) is 6.04. The van der Waals surface area contributed by atoms with Crippen molar-refractivity contribution in [1.82, 2.24) is 35.1 Å². The van der Waals surface area contributed by atoms with Gasteiger partial charge in [0.25, 0.3) is 0 Å². The predicted molar refractivity (Wildman–Crippen MR) is 143 cm³/mol. The molecule has 38 heavy (non-hydrogen) atoms. The van der Waals surface area contributed by atoms with E-state index in [0.717, 1.165) is 16.6 Å². The molecule has 0 aliphatic carbocycles. The van der Waals surface area contributed by atoms with E-state index in [1.807, 2.05) is 38.1 Å². The fourth-order valence-corrected chi connectivity index (χ4v) is 4.35. The molecule has 0 spiro atoms. The Labute approximate surface area is 216 Å². The van der Waals surface area contributed by atoms with Crippen molar-refractivity contribution in [3.05, 3.63) is 72.9 Å². The van der Waals surface area contributed by atoms with Crippen molar-refractivity contribution in [1.29, 1.82) is 0 Å². The molecule has 188 valence electrons. The molecule has 10 heteroatoms. The van der Waals surface area contributed by atoms with Crippen LogP contribution in [0.25, 0.3) is 56.1 Å². The van der Waals surface area contributed by atoms with Crippen LogP contribution in [0.3, 0.4) is 0 Å². The van der Waals surface area contributed by atoms with Gasteiger partial charge in [-0.05, 0) is 42.3 Å². The number of hydrogen-bond acceptors (Lipinski definition) is 6. The molecule has 0 bridgehead atoms. The lowest BCUT2D eigenvalue weighted by Gasteiger charge is -2.08. The second-order valence-corrected chi connectivity index (χ2v) is 9.42. The van der Waals surface area contributed by atoms with Crippen molar-refractivity contribution in [3.8, 4) is 34.0 Å². The SMILES string of the molecule is CC(C)CC(=O)Nc1cncc(-c2ccc3[nH]nc(-c4nc5c(-c6cccc(F)c6)nccc5[nH]4)c3n2)c1. The Morgan fingerprint density at radius 3 is 2.68 bits per heavy atom. The van der Waals surface area contributed by atoms with Crippen molar-refractivity contribution in [3.63, 3.8) is 0 Å². The first-order valence-electron chi connectivity index (χ1n) is 12.2. The highest BCUT2D eigenvalue weighted by atomic mass is 19.1. The second-order valence-electron chi connectivity index (χ2n) is 9.42. The number of rotatable bonds is 6. The van der Waals surface area contributed by atoms with E-state index in [4.69, 9.17) is 9.97 Å². The van der Waals surface area contributed by atoms with Crippen LogP contribution in [0.2, 0.25) is 0 Å². The topological polar surface area (TPSA) is 125 Å². The lowest BCUT2D eigenvalue weighted by Crippen LogP contribution is -2.14. The molecule has 6 rings (SSSR count). The molecule has 5 aromatic heterocycles. The highest BCUT2D eigenvalue weighted by Crippen LogP contribution is 2.31. The van der Waals surface area contributed by atoms with Crippen LogP contribution in [-0.2, 0) is 4.79 Å².